The SMILES string of the molecule is CCCCCC(=O)Nc1ccc(C(=O)COc2ccc3c(C)cc(=O)oc3c2)cc1. The topological polar surface area (TPSA) is 85.6 Å². The maximum Gasteiger partial charge on any atom is 0.336 e. The van der Waals surface area contributed by atoms with Crippen molar-refractivity contribution < 1.29 is 18.7 Å². The fourth-order valence-electron chi connectivity index (χ4n) is 3.13. The fourth-order valence-corrected chi connectivity index (χ4v) is 3.13. The second-order valence-electron chi connectivity index (χ2n) is 7.20. The number of amides is 1. The van der Waals surface area contributed by atoms with E-state index in [9.17, 15) is 14.4 Å². The first kappa shape index (κ1) is 21.3. The highest BCUT2D eigenvalue weighted by molar-refractivity contribution is 5.98. The Hall–Kier alpha value is -3.41. The number of nitrogens with one attached hydrogen (secondary N) is 1. The standard InChI is InChI=1S/C24H25NO5/c1-3-4-5-6-23(27)25-18-9-7-17(8-10-18)21(26)15-29-19-11-12-20-16(2)13-24(28)30-22(20)14-19/h7-14H,3-6,15H2,1-2H3,(H,25,27). The van der Waals surface area contributed by atoms with E-state index >= 15 is 0 Å². The van der Waals surface area contributed by atoms with Gasteiger partial charge >= 0.3 is 5.63 Å². The van der Waals surface area contributed by atoms with E-state index in [1.807, 2.05) is 6.92 Å². The van der Waals surface area contributed by atoms with Gasteiger partial charge in [0.05, 0.1) is 0 Å². The minimum absolute atomic E-state index is 0.0240. The van der Waals surface area contributed by atoms with Crippen LogP contribution in [0.25, 0.3) is 11.0 Å². The van der Waals surface area contributed by atoms with E-state index in [0.717, 1.165) is 30.2 Å². The molecular weight excluding hydrogens is 382 g/mol. The van der Waals surface area contributed by atoms with Crippen LogP contribution in [0.4, 0.5) is 5.69 Å². The predicted octanol–water partition coefficient (Wildman–Crippen LogP) is 4.88. The molecule has 30 heavy (non-hydrogen) atoms. The van der Waals surface area contributed by atoms with Crippen LogP contribution in [0.2, 0.25) is 0 Å². The summed E-state index contributed by atoms with van der Waals surface area (Å²) in [5, 5.41) is 3.65. The molecule has 3 aromatic rings. The van der Waals surface area contributed by atoms with Gasteiger partial charge in [-0.3, -0.25) is 9.59 Å². The molecule has 0 unspecified atom stereocenters. The molecule has 0 radical (unpaired) electrons. The van der Waals surface area contributed by atoms with Crippen LogP contribution in [0, 0.1) is 6.92 Å². The van der Waals surface area contributed by atoms with Crippen molar-refractivity contribution in [2.75, 3.05) is 11.9 Å². The number of rotatable bonds is 9. The molecule has 1 N–H and O–H groups in total. The number of ketones is 1. The van der Waals surface area contributed by atoms with Crippen LogP contribution in [0.3, 0.4) is 0 Å². The Morgan fingerprint density at radius 2 is 1.80 bits per heavy atom. The largest absolute Gasteiger partial charge is 0.485 e. The number of ether oxygens (including phenoxy) is 1. The third-order valence-corrected chi connectivity index (χ3v) is 4.79. The second kappa shape index (κ2) is 9.87. The molecule has 0 saturated carbocycles. The highest BCUT2D eigenvalue weighted by Crippen LogP contribution is 2.22. The number of fused-ring (bicyclic) bond motifs is 1. The summed E-state index contributed by atoms with van der Waals surface area (Å²) in [6, 6.07) is 13.3. The number of Topliss-reactive ketones (excluding diaryl/α,β-unsaturated/α-hetero) is 1. The minimum atomic E-state index is -0.425. The van der Waals surface area contributed by atoms with E-state index < -0.39 is 5.63 Å². The molecule has 6 nitrogen and oxygen atoms in total. The van der Waals surface area contributed by atoms with Crippen LogP contribution in [-0.2, 0) is 4.79 Å². The molecule has 2 aromatic carbocycles. The van der Waals surface area contributed by atoms with E-state index in [0.29, 0.717) is 29.0 Å². The van der Waals surface area contributed by atoms with Gasteiger partial charge in [0.2, 0.25) is 5.91 Å². The lowest BCUT2D eigenvalue weighted by Gasteiger charge is -2.08. The van der Waals surface area contributed by atoms with Crippen molar-refractivity contribution in [2.24, 2.45) is 0 Å². The van der Waals surface area contributed by atoms with Gasteiger partial charge in [-0.1, -0.05) is 19.8 Å². The summed E-state index contributed by atoms with van der Waals surface area (Å²) in [5.74, 6) is 0.228. The molecule has 0 aliphatic heterocycles. The van der Waals surface area contributed by atoms with Crippen molar-refractivity contribution in [3.05, 3.63) is 70.1 Å². The monoisotopic (exact) mass is 407 g/mol. The highest BCUT2D eigenvalue weighted by atomic mass is 16.5. The first-order valence-corrected chi connectivity index (χ1v) is 10.1. The maximum atomic E-state index is 12.4. The lowest BCUT2D eigenvalue weighted by Crippen LogP contribution is -2.13. The van der Waals surface area contributed by atoms with Gasteiger partial charge in [0.25, 0.3) is 0 Å². The van der Waals surface area contributed by atoms with E-state index in [-0.39, 0.29) is 18.3 Å². The van der Waals surface area contributed by atoms with Gasteiger partial charge in [-0.2, -0.15) is 0 Å². The van der Waals surface area contributed by atoms with Crippen LogP contribution >= 0.6 is 0 Å². The molecule has 0 aliphatic rings. The number of hydrogen-bond donors (Lipinski definition) is 1. The Kier molecular flexibility index (Phi) is 7.01. The quantitative estimate of drug-likeness (QED) is 0.310. The van der Waals surface area contributed by atoms with Gasteiger partial charge in [0, 0.05) is 35.2 Å². The fraction of sp³-hybridized carbons (Fsp3) is 0.292. The van der Waals surface area contributed by atoms with Gasteiger partial charge in [0.15, 0.2) is 12.4 Å². The van der Waals surface area contributed by atoms with Crippen molar-refractivity contribution >= 4 is 28.3 Å². The summed E-state index contributed by atoms with van der Waals surface area (Å²) in [6.07, 6.45) is 3.46. The molecular formula is C24H25NO5. The van der Waals surface area contributed by atoms with Crippen molar-refractivity contribution in [3.8, 4) is 5.75 Å². The number of carbonyl (C=O) groups is 2. The van der Waals surface area contributed by atoms with Gasteiger partial charge in [-0.25, -0.2) is 4.79 Å². The highest BCUT2D eigenvalue weighted by Gasteiger charge is 2.10. The zero-order valence-electron chi connectivity index (χ0n) is 17.2. The van der Waals surface area contributed by atoms with E-state index in [2.05, 4.69) is 12.2 Å². The van der Waals surface area contributed by atoms with Gasteiger partial charge in [0.1, 0.15) is 11.3 Å². The van der Waals surface area contributed by atoms with Crippen molar-refractivity contribution in [3.63, 3.8) is 0 Å². The Bertz CT molecular complexity index is 1100. The third-order valence-electron chi connectivity index (χ3n) is 4.79. The number of anilines is 1. The Morgan fingerprint density at radius 3 is 2.53 bits per heavy atom. The summed E-state index contributed by atoms with van der Waals surface area (Å²) in [7, 11) is 0. The van der Waals surface area contributed by atoms with Crippen LogP contribution in [0.5, 0.6) is 5.75 Å². The molecule has 0 bridgehead atoms. The average Bonchev–Trinajstić information content (AvgIpc) is 2.72. The van der Waals surface area contributed by atoms with Crippen molar-refractivity contribution in [2.45, 2.75) is 39.5 Å². The Labute approximate surface area is 174 Å². The first-order chi connectivity index (χ1) is 14.5. The van der Waals surface area contributed by atoms with Crippen LogP contribution in [-0.4, -0.2) is 18.3 Å². The molecule has 0 fully saturated rings. The number of aryl methyl sites for hydroxylation is 1. The number of carbonyl (C=O) groups excluding carboxylic acids is 2. The van der Waals surface area contributed by atoms with Gasteiger partial charge in [-0.15, -0.1) is 0 Å². The van der Waals surface area contributed by atoms with Crippen LogP contribution in [0.1, 0.15) is 48.5 Å². The third kappa shape index (κ3) is 5.56. The lowest BCUT2D eigenvalue weighted by atomic mass is 10.1. The number of benzene rings is 2. The minimum Gasteiger partial charge on any atom is -0.485 e. The molecule has 6 heteroatoms. The molecule has 1 aromatic heterocycles. The zero-order chi connectivity index (χ0) is 21.5. The van der Waals surface area contributed by atoms with Gasteiger partial charge < -0.3 is 14.5 Å². The normalized spacial score (nSPS) is 10.7. The summed E-state index contributed by atoms with van der Waals surface area (Å²) in [5.41, 5.74) is 1.97. The number of hydrogen-bond acceptors (Lipinski definition) is 5. The Balaban J connectivity index is 1.58. The van der Waals surface area contributed by atoms with Crippen molar-refractivity contribution in [1.82, 2.24) is 0 Å². The summed E-state index contributed by atoms with van der Waals surface area (Å²) in [4.78, 5) is 35.8. The Morgan fingerprint density at radius 1 is 1.03 bits per heavy atom. The summed E-state index contributed by atoms with van der Waals surface area (Å²) < 4.78 is 10.8. The molecule has 156 valence electrons. The smallest absolute Gasteiger partial charge is 0.336 e. The zero-order valence-corrected chi connectivity index (χ0v) is 17.2. The molecule has 0 spiro atoms. The summed E-state index contributed by atoms with van der Waals surface area (Å²) in [6.45, 7) is 3.78. The van der Waals surface area contributed by atoms with Gasteiger partial charge in [-0.05, 0) is 55.3 Å². The van der Waals surface area contributed by atoms with Crippen LogP contribution in [0.15, 0.2) is 57.7 Å². The second-order valence-corrected chi connectivity index (χ2v) is 7.20. The molecule has 0 saturated heterocycles. The number of unbranched alkanes of at least 4 members (excludes halogenated alkanes) is 2. The predicted molar refractivity (Wildman–Crippen MR) is 116 cm³/mol. The molecule has 1 heterocycles. The van der Waals surface area contributed by atoms with E-state index in [1.165, 1.54) is 6.07 Å². The first-order valence-electron chi connectivity index (χ1n) is 10.1. The van der Waals surface area contributed by atoms with E-state index in [1.54, 1.807) is 42.5 Å². The van der Waals surface area contributed by atoms with Crippen LogP contribution < -0.4 is 15.7 Å². The van der Waals surface area contributed by atoms with E-state index in [4.69, 9.17) is 9.15 Å². The van der Waals surface area contributed by atoms with Crippen molar-refractivity contribution in [1.29, 1.82) is 0 Å². The maximum absolute atomic E-state index is 12.4. The summed E-state index contributed by atoms with van der Waals surface area (Å²) >= 11 is 0. The molecule has 3 rings (SSSR count). The average molecular weight is 407 g/mol. The molecule has 0 atom stereocenters. The lowest BCUT2D eigenvalue weighted by molar-refractivity contribution is -0.116. The molecule has 1 amide bonds. The molecule has 0 aliphatic carbocycles.